The van der Waals surface area contributed by atoms with Crippen LogP contribution in [0.15, 0.2) is 59.5 Å². The third-order valence-corrected chi connectivity index (χ3v) is 17.2. The molecule has 0 radical (unpaired) electrons. The van der Waals surface area contributed by atoms with E-state index in [-0.39, 0.29) is 55.3 Å². The molecule has 19 heteroatoms. The van der Waals surface area contributed by atoms with E-state index in [1.54, 1.807) is 73.6 Å². The number of aliphatic hydroxyl groups excluding tert-OH is 1. The number of nitrogens with zero attached hydrogens (tertiary/aromatic N) is 1. The first-order valence-corrected chi connectivity index (χ1v) is 26.7. The van der Waals surface area contributed by atoms with Gasteiger partial charge in [0.1, 0.15) is 40.6 Å². The predicted molar refractivity (Wildman–Crippen MR) is 264 cm³/mol. The van der Waals surface area contributed by atoms with Crippen LogP contribution in [-0.2, 0) is 43.2 Å². The van der Waals surface area contributed by atoms with Crippen molar-refractivity contribution < 1.29 is 71.2 Å². The quantitative estimate of drug-likeness (QED) is 0.103. The summed E-state index contributed by atoms with van der Waals surface area (Å²) in [5, 5.41) is 55.3. The molecule has 18 atom stereocenters. The van der Waals surface area contributed by atoms with Gasteiger partial charge in [-0.15, -0.1) is 0 Å². The van der Waals surface area contributed by atoms with E-state index in [0.717, 1.165) is 6.42 Å². The highest BCUT2D eigenvalue weighted by Gasteiger charge is 2.59. The Bertz CT molecular complexity index is 2110. The minimum atomic E-state index is -4.15. The molecule has 6 N–H and O–H groups in total. The number of likely N-dealkylation sites (N-methyl/N-ethyl adjacent to an activating group) is 1. The number of carbonyl (C=O) groups excluding carboxylic acids is 1. The van der Waals surface area contributed by atoms with Gasteiger partial charge in [-0.25, -0.2) is 12.8 Å². The molecule has 71 heavy (non-hydrogen) atoms. The second-order valence-electron chi connectivity index (χ2n) is 21.1. The number of aliphatic hydroxyl groups is 4. The van der Waals surface area contributed by atoms with Gasteiger partial charge in [-0.2, -0.15) is 4.31 Å². The molecule has 17 nitrogen and oxygen atoms in total. The number of ether oxygens (including phenoxy) is 7. The fraction of sp³-hybridized carbons (Fsp3) is 0.750. The van der Waals surface area contributed by atoms with E-state index in [1.165, 1.54) is 61.8 Å². The number of halogens is 1. The molecule has 0 aromatic heterocycles. The van der Waals surface area contributed by atoms with Crippen LogP contribution in [0.2, 0.25) is 0 Å². The first-order valence-electron chi connectivity index (χ1n) is 25.3. The van der Waals surface area contributed by atoms with Gasteiger partial charge in [0, 0.05) is 39.1 Å². The number of nitrogens with one attached hydrogen (secondary N) is 2. The van der Waals surface area contributed by atoms with Crippen LogP contribution >= 0.6 is 0 Å². The second kappa shape index (κ2) is 24.2. The van der Waals surface area contributed by atoms with E-state index in [2.05, 4.69) is 10.6 Å². The Hall–Kier alpha value is -2.89. The highest BCUT2D eigenvalue weighted by Crippen LogP contribution is 2.44. The number of esters is 1. The van der Waals surface area contributed by atoms with Gasteiger partial charge in [0.25, 0.3) is 0 Å². The molecule has 3 heterocycles. The lowest BCUT2D eigenvalue weighted by Crippen LogP contribution is -2.70. The molecule has 0 aliphatic carbocycles. The van der Waals surface area contributed by atoms with Crippen LogP contribution in [0.4, 0.5) is 4.39 Å². The van der Waals surface area contributed by atoms with Crippen LogP contribution in [0.1, 0.15) is 108 Å². The standard InChI is InChI=1S/C52H84FN3O14S/c1-14-25-54-30-52(61)36(8)66-42(28-50(52,10)64-13)69-43-33(5)46(49(9,59)27-31(3)29-55-35(7)45(57)51(11,60)41(15-2)68-47(58)34(43)6)70-48-44(67-38-23-21-37(53)22-24-38)40(26-32(4)65-48)56(12)71(62,63)39-19-17-16-18-20-39/h16-24,31-36,40-46,48,54-55,57,59-61H,14-15,25-30H2,1-13H3/t31-,32-,33+,34-,35-,36+,40+,41-,42?,43+,44-,45-,46-,48+,49-,50-,51-,52+/m1/s1. The average Bonchev–Trinajstić information content (AvgIpc) is 3.32. The van der Waals surface area contributed by atoms with Gasteiger partial charge < -0.3 is 64.2 Å². The summed E-state index contributed by atoms with van der Waals surface area (Å²) in [6.45, 7) is 20.1. The summed E-state index contributed by atoms with van der Waals surface area (Å²) in [5.41, 5.74) is -6.42. The Morgan fingerprint density at radius 3 is 2.17 bits per heavy atom. The van der Waals surface area contributed by atoms with Crippen molar-refractivity contribution in [1.29, 1.82) is 0 Å². The molecule has 3 aliphatic rings. The second-order valence-corrected chi connectivity index (χ2v) is 23.1. The van der Waals surface area contributed by atoms with Gasteiger partial charge in [-0.1, -0.05) is 45.9 Å². The minimum absolute atomic E-state index is 0.00483. The summed E-state index contributed by atoms with van der Waals surface area (Å²) in [6, 6.07) is 11.6. The Balaban J connectivity index is 1.66. The molecule has 2 aromatic rings. The fourth-order valence-corrected chi connectivity index (χ4v) is 12.2. The van der Waals surface area contributed by atoms with Crippen molar-refractivity contribution >= 4 is 16.0 Å². The van der Waals surface area contributed by atoms with E-state index < -0.39 is 123 Å². The molecular weight excluding hydrogens is 942 g/mol. The van der Waals surface area contributed by atoms with Crippen molar-refractivity contribution in [2.75, 3.05) is 33.8 Å². The van der Waals surface area contributed by atoms with Crippen molar-refractivity contribution in [1.82, 2.24) is 14.9 Å². The first kappa shape index (κ1) is 59.0. The maximum atomic E-state index is 14.7. The summed E-state index contributed by atoms with van der Waals surface area (Å²) < 4.78 is 90.2. The lowest BCUT2D eigenvalue weighted by atomic mass is 9.75. The number of sulfonamides is 1. The van der Waals surface area contributed by atoms with Gasteiger partial charge in [0.2, 0.25) is 10.0 Å². The van der Waals surface area contributed by atoms with Gasteiger partial charge in [0.05, 0.1) is 46.9 Å². The van der Waals surface area contributed by atoms with Crippen molar-refractivity contribution in [3.63, 3.8) is 0 Å². The molecule has 2 aromatic carbocycles. The topological polar surface area (TPSA) is 224 Å². The molecule has 404 valence electrons. The average molecular weight is 1030 g/mol. The summed E-state index contributed by atoms with van der Waals surface area (Å²) >= 11 is 0. The highest BCUT2D eigenvalue weighted by molar-refractivity contribution is 7.89. The van der Waals surface area contributed by atoms with Crippen LogP contribution in [-0.4, -0.2) is 163 Å². The van der Waals surface area contributed by atoms with Crippen LogP contribution < -0.4 is 15.4 Å². The van der Waals surface area contributed by atoms with E-state index in [1.807, 2.05) is 13.8 Å². The smallest absolute Gasteiger partial charge is 0.311 e. The summed E-state index contributed by atoms with van der Waals surface area (Å²) in [6.07, 6.45) is -9.04. The van der Waals surface area contributed by atoms with Crippen molar-refractivity contribution in [2.24, 2.45) is 17.8 Å². The number of hydrogen-bond acceptors (Lipinski definition) is 16. The Labute approximate surface area is 421 Å². The molecule has 3 aliphatic heterocycles. The van der Waals surface area contributed by atoms with Crippen LogP contribution in [0.5, 0.6) is 5.75 Å². The van der Waals surface area contributed by atoms with Gasteiger partial charge in [-0.3, -0.25) is 4.79 Å². The van der Waals surface area contributed by atoms with E-state index in [4.69, 9.17) is 33.2 Å². The molecule has 1 unspecified atom stereocenters. The summed E-state index contributed by atoms with van der Waals surface area (Å²) in [7, 11) is -1.19. The number of benzene rings is 2. The molecule has 0 saturated carbocycles. The monoisotopic (exact) mass is 1030 g/mol. The van der Waals surface area contributed by atoms with Gasteiger partial charge in [0.15, 0.2) is 18.7 Å². The van der Waals surface area contributed by atoms with Crippen LogP contribution in [0, 0.1) is 23.6 Å². The third-order valence-electron chi connectivity index (χ3n) is 15.3. The van der Waals surface area contributed by atoms with Gasteiger partial charge in [-0.05, 0) is 130 Å². The normalized spacial score (nSPS) is 40.4. The Kier molecular flexibility index (Phi) is 20.1. The molecule has 5 rings (SSSR count). The molecule has 0 spiro atoms. The number of methoxy groups -OCH3 is 1. The lowest BCUT2D eigenvalue weighted by Gasteiger charge is -2.53. The number of hydrogen-bond donors (Lipinski definition) is 6. The zero-order valence-electron chi connectivity index (χ0n) is 44.0. The Morgan fingerprint density at radius 1 is 0.915 bits per heavy atom. The maximum absolute atomic E-state index is 14.7. The molecule has 3 saturated heterocycles. The zero-order chi connectivity index (χ0) is 52.9. The van der Waals surface area contributed by atoms with Gasteiger partial charge >= 0.3 is 5.97 Å². The van der Waals surface area contributed by atoms with Crippen LogP contribution in [0.25, 0.3) is 0 Å². The fourth-order valence-electron chi connectivity index (χ4n) is 10.8. The summed E-state index contributed by atoms with van der Waals surface area (Å²) in [5.74, 6) is -3.53. The van der Waals surface area contributed by atoms with Crippen molar-refractivity contribution in [3.05, 3.63) is 60.4 Å². The van der Waals surface area contributed by atoms with E-state index in [0.29, 0.717) is 6.54 Å². The molecule has 0 bridgehead atoms. The highest BCUT2D eigenvalue weighted by atomic mass is 32.2. The van der Waals surface area contributed by atoms with E-state index >= 15 is 0 Å². The third kappa shape index (κ3) is 13.3. The largest absolute Gasteiger partial charge is 0.483 e. The Morgan fingerprint density at radius 2 is 1.56 bits per heavy atom. The lowest BCUT2D eigenvalue weighted by molar-refractivity contribution is -0.335. The maximum Gasteiger partial charge on any atom is 0.311 e. The minimum Gasteiger partial charge on any atom is -0.483 e. The number of carbonyl (C=O) groups is 1. The van der Waals surface area contributed by atoms with Crippen molar-refractivity contribution in [3.8, 4) is 5.75 Å². The molecular formula is C52H84FN3O14S. The van der Waals surface area contributed by atoms with E-state index in [9.17, 15) is 38.0 Å². The summed E-state index contributed by atoms with van der Waals surface area (Å²) in [4.78, 5) is 14.7. The molecule has 3 fully saturated rings. The number of rotatable bonds is 15. The zero-order valence-corrected chi connectivity index (χ0v) is 44.9. The SMILES string of the molecule is CCCNC[C@]1(O)[C@H](C)OC(O[C@H]2[C@H](C)[C@@H](O[C@@H]3O[C@H](C)C[C@H](N(C)S(=O)(=O)c4ccccc4)[C@H]3Oc3ccc(F)cc3)[C@](C)(O)C[C@@H](C)CN[C@H](C)[C@@H](O)[C@](C)(O)[C@@H](CC)OC(=O)[C@@H]2C)C[C@@]1(C)OC. The molecule has 0 amide bonds. The van der Waals surface area contributed by atoms with Crippen LogP contribution in [0.3, 0.4) is 0 Å². The predicted octanol–water partition coefficient (Wildman–Crippen LogP) is 4.91. The first-order chi connectivity index (χ1) is 33.2. The van der Waals surface area contributed by atoms with Crippen molar-refractivity contribution in [2.45, 2.75) is 203 Å². The number of cyclic esters (lactones) is 1.